The molecule has 8 heteroatoms. The molecule has 6 nitrogen and oxygen atoms in total. The summed E-state index contributed by atoms with van der Waals surface area (Å²) in [5.74, 6) is -1.74. The predicted octanol–water partition coefficient (Wildman–Crippen LogP) is 3.68. The molecule has 0 saturated carbocycles. The van der Waals surface area contributed by atoms with Gasteiger partial charge < -0.3 is 5.11 Å². The number of hydrogen-bond acceptors (Lipinski definition) is 5. The van der Waals surface area contributed by atoms with Crippen molar-refractivity contribution in [3.8, 4) is 0 Å². The highest BCUT2D eigenvalue weighted by molar-refractivity contribution is 6.35. The first kappa shape index (κ1) is 17.1. The monoisotopic (exact) mass is 351 g/mol. The summed E-state index contributed by atoms with van der Waals surface area (Å²) < 4.78 is 0. The Morgan fingerprint density at radius 2 is 1.78 bits per heavy atom. The van der Waals surface area contributed by atoms with E-state index in [1.807, 2.05) is 0 Å². The van der Waals surface area contributed by atoms with E-state index in [1.54, 1.807) is 24.3 Å². The van der Waals surface area contributed by atoms with Crippen molar-refractivity contribution in [3.63, 3.8) is 0 Å². The van der Waals surface area contributed by atoms with Crippen LogP contribution >= 0.6 is 23.2 Å². The van der Waals surface area contributed by atoms with Crippen molar-refractivity contribution in [2.24, 2.45) is 16.0 Å². The quantitative estimate of drug-likeness (QED) is 0.632. The van der Waals surface area contributed by atoms with Crippen LogP contribution in [0.1, 0.15) is 15.9 Å². The summed E-state index contributed by atoms with van der Waals surface area (Å²) in [6, 6.07) is 10.9. The normalized spacial score (nSPS) is 12.3. The van der Waals surface area contributed by atoms with Crippen molar-refractivity contribution in [2.75, 3.05) is 0 Å². The van der Waals surface area contributed by atoms with Gasteiger partial charge in [-0.25, -0.2) is 4.79 Å². The SMILES string of the molecule is NC(N=Nc1ccc(Cl)cc1C(=O)c1ccccc1Cl)C(=O)O. The third-order valence-electron chi connectivity index (χ3n) is 2.86. The number of carboxylic acid groups (broad SMARTS) is 1. The molecule has 0 aliphatic carbocycles. The Labute approximate surface area is 141 Å². The van der Waals surface area contributed by atoms with E-state index in [0.29, 0.717) is 5.02 Å². The second-order valence-corrected chi connectivity index (χ2v) is 5.31. The van der Waals surface area contributed by atoms with Gasteiger partial charge >= 0.3 is 5.97 Å². The minimum atomic E-state index is -1.52. The lowest BCUT2D eigenvalue weighted by atomic mass is 10.0. The highest BCUT2D eigenvalue weighted by Crippen LogP contribution is 2.28. The van der Waals surface area contributed by atoms with Gasteiger partial charge in [-0.15, -0.1) is 0 Å². The van der Waals surface area contributed by atoms with Gasteiger partial charge in [0.25, 0.3) is 0 Å². The molecule has 23 heavy (non-hydrogen) atoms. The number of nitrogens with zero attached hydrogens (tertiary/aromatic N) is 2. The number of halogens is 2. The van der Waals surface area contributed by atoms with Crippen LogP contribution in [0.3, 0.4) is 0 Å². The minimum Gasteiger partial charge on any atom is -0.479 e. The predicted molar refractivity (Wildman–Crippen MR) is 86.5 cm³/mol. The Morgan fingerprint density at radius 3 is 2.43 bits per heavy atom. The maximum Gasteiger partial charge on any atom is 0.345 e. The van der Waals surface area contributed by atoms with Crippen molar-refractivity contribution in [1.29, 1.82) is 0 Å². The molecule has 0 heterocycles. The number of carbonyl (C=O) groups is 2. The Hall–Kier alpha value is -2.28. The van der Waals surface area contributed by atoms with Gasteiger partial charge in [0.1, 0.15) is 0 Å². The Morgan fingerprint density at radius 1 is 1.09 bits per heavy atom. The van der Waals surface area contributed by atoms with Crippen LogP contribution in [0.25, 0.3) is 0 Å². The zero-order chi connectivity index (χ0) is 17.0. The van der Waals surface area contributed by atoms with E-state index in [2.05, 4.69) is 10.2 Å². The van der Waals surface area contributed by atoms with E-state index in [4.69, 9.17) is 34.0 Å². The summed E-state index contributed by atoms with van der Waals surface area (Å²) in [6.45, 7) is 0. The Bertz CT molecular complexity index is 793. The van der Waals surface area contributed by atoms with Crippen molar-refractivity contribution >= 4 is 40.6 Å². The number of carbonyl (C=O) groups excluding carboxylic acids is 1. The van der Waals surface area contributed by atoms with E-state index in [9.17, 15) is 9.59 Å². The number of benzene rings is 2. The fourth-order valence-corrected chi connectivity index (χ4v) is 2.14. The van der Waals surface area contributed by atoms with Gasteiger partial charge in [-0.1, -0.05) is 35.3 Å². The fraction of sp³-hybridized carbons (Fsp3) is 0.0667. The van der Waals surface area contributed by atoms with Crippen LogP contribution in [0.2, 0.25) is 10.0 Å². The summed E-state index contributed by atoms with van der Waals surface area (Å²) in [4.78, 5) is 23.3. The standard InChI is InChI=1S/C15H11Cl2N3O3/c16-8-5-6-12(19-20-14(18)15(22)23)10(7-8)13(21)9-3-1-2-4-11(9)17/h1-7,14H,18H2,(H,22,23). The molecule has 0 fully saturated rings. The van der Waals surface area contributed by atoms with Crippen molar-refractivity contribution in [1.82, 2.24) is 0 Å². The first-order valence-electron chi connectivity index (χ1n) is 6.38. The molecule has 0 saturated heterocycles. The van der Waals surface area contributed by atoms with Crippen LogP contribution < -0.4 is 5.73 Å². The van der Waals surface area contributed by atoms with Gasteiger partial charge in [0.15, 0.2) is 5.78 Å². The summed E-state index contributed by atoms with van der Waals surface area (Å²) in [5, 5.41) is 16.5. The second-order valence-electron chi connectivity index (χ2n) is 4.47. The zero-order valence-corrected chi connectivity index (χ0v) is 13.1. The Balaban J connectivity index is 2.46. The number of nitrogens with two attached hydrogens (primary N) is 1. The van der Waals surface area contributed by atoms with Gasteiger partial charge in [-0.3, -0.25) is 10.5 Å². The van der Waals surface area contributed by atoms with E-state index >= 15 is 0 Å². The molecule has 2 rings (SSSR count). The molecule has 0 aliphatic heterocycles. The van der Waals surface area contributed by atoms with Crippen molar-refractivity contribution in [3.05, 3.63) is 63.6 Å². The van der Waals surface area contributed by atoms with Crippen LogP contribution in [-0.4, -0.2) is 23.0 Å². The van der Waals surface area contributed by atoms with E-state index < -0.39 is 17.9 Å². The molecule has 1 unspecified atom stereocenters. The van der Waals surface area contributed by atoms with Gasteiger partial charge in [0, 0.05) is 10.6 Å². The van der Waals surface area contributed by atoms with E-state index in [1.165, 1.54) is 18.2 Å². The molecule has 0 aliphatic rings. The van der Waals surface area contributed by atoms with E-state index in [0.717, 1.165) is 0 Å². The summed E-state index contributed by atoms with van der Waals surface area (Å²) >= 11 is 11.9. The summed E-state index contributed by atoms with van der Waals surface area (Å²) in [6.07, 6.45) is -1.52. The molecule has 1 atom stereocenters. The summed E-state index contributed by atoms with van der Waals surface area (Å²) in [5.41, 5.74) is 5.83. The topological polar surface area (TPSA) is 105 Å². The second kappa shape index (κ2) is 7.32. The molecule has 0 spiro atoms. The number of azo groups is 1. The van der Waals surface area contributed by atoms with Gasteiger partial charge in [-0.2, -0.15) is 10.2 Å². The lowest BCUT2D eigenvalue weighted by Crippen LogP contribution is -2.27. The van der Waals surface area contributed by atoms with Gasteiger partial charge in [-0.05, 0) is 30.3 Å². The van der Waals surface area contributed by atoms with Crippen LogP contribution in [0.15, 0.2) is 52.7 Å². The van der Waals surface area contributed by atoms with Crippen LogP contribution in [0.5, 0.6) is 0 Å². The first-order chi connectivity index (χ1) is 10.9. The van der Waals surface area contributed by atoms with Crippen LogP contribution in [0, 0.1) is 0 Å². The number of ketones is 1. The zero-order valence-electron chi connectivity index (χ0n) is 11.6. The van der Waals surface area contributed by atoms with Crippen molar-refractivity contribution in [2.45, 2.75) is 6.17 Å². The number of carboxylic acids is 1. The molecule has 2 aromatic rings. The molecule has 0 amide bonds. The smallest absolute Gasteiger partial charge is 0.345 e. The third kappa shape index (κ3) is 4.13. The number of hydrogen-bond donors (Lipinski definition) is 2. The lowest BCUT2D eigenvalue weighted by Gasteiger charge is -2.07. The van der Waals surface area contributed by atoms with E-state index in [-0.39, 0.29) is 21.8 Å². The highest BCUT2D eigenvalue weighted by Gasteiger charge is 2.17. The molecular formula is C15H11Cl2N3O3. The number of aliphatic carboxylic acids is 1. The number of rotatable bonds is 5. The molecule has 118 valence electrons. The third-order valence-corrected chi connectivity index (χ3v) is 3.43. The average Bonchev–Trinajstić information content (AvgIpc) is 2.53. The molecule has 0 aromatic heterocycles. The molecule has 0 radical (unpaired) electrons. The lowest BCUT2D eigenvalue weighted by molar-refractivity contribution is -0.138. The van der Waals surface area contributed by atoms with Crippen molar-refractivity contribution < 1.29 is 14.7 Å². The Kier molecular flexibility index (Phi) is 5.44. The molecule has 0 bridgehead atoms. The average molecular weight is 352 g/mol. The molecule has 3 N–H and O–H groups in total. The van der Waals surface area contributed by atoms with Crippen LogP contribution in [0.4, 0.5) is 5.69 Å². The van der Waals surface area contributed by atoms with Gasteiger partial charge in [0.2, 0.25) is 6.17 Å². The first-order valence-corrected chi connectivity index (χ1v) is 7.13. The molecular weight excluding hydrogens is 341 g/mol. The van der Waals surface area contributed by atoms with Crippen LogP contribution in [-0.2, 0) is 4.79 Å². The molecule has 2 aromatic carbocycles. The minimum absolute atomic E-state index is 0.145. The maximum atomic E-state index is 12.6. The van der Waals surface area contributed by atoms with Gasteiger partial charge in [0.05, 0.1) is 16.3 Å². The summed E-state index contributed by atoms with van der Waals surface area (Å²) in [7, 11) is 0. The fourth-order valence-electron chi connectivity index (χ4n) is 1.74. The largest absolute Gasteiger partial charge is 0.479 e. The maximum absolute atomic E-state index is 12.6. The highest BCUT2D eigenvalue weighted by atomic mass is 35.5.